The summed E-state index contributed by atoms with van der Waals surface area (Å²) in [6.45, 7) is 6.41. The van der Waals surface area contributed by atoms with Crippen LogP contribution >= 0.6 is 0 Å². The summed E-state index contributed by atoms with van der Waals surface area (Å²) in [6.07, 6.45) is 5.77. The third-order valence-electron chi connectivity index (χ3n) is 2.97. The Hall–Kier alpha value is -1.91. The molecular formula is C13H19N3O2. The maximum atomic E-state index is 10.4. The number of aromatic nitrogens is 2. The van der Waals surface area contributed by atoms with Gasteiger partial charge in [-0.15, -0.1) is 0 Å². The van der Waals surface area contributed by atoms with Gasteiger partial charge in [-0.3, -0.25) is 0 Å². The summed E-state index contributed by atoms with van der Waals surface area (Å²) in [7, 11) is 1.95. The van der Waals surface area contributed by atoms with Crippen molar-refractivity contribution in [2.75, 3.05) is 11.9 Å². The predicted octanol–water partition coefficient (Wildman–Crippen LogP) is 2.06. The number of hydrogen-bond acceptors (Lipinski definition) is 4. The molecule has 18 heavy (non-hydrogen) atoms. The first-order valence-electron chi connectivity index (χ1n) is 5.87. The van der Waals surface area contributed by atoms with E-state index in [4.69, 9.17) is 5.11 Å². The molecule has 1 rings (SSSR count). The lowest BCUT2D eigenvalue weighted by Gasteiger charge is -2.27. The van der Waals surface area contributed by atoms with Crippen molar-refractivity contribution >= 4 is 18.0 Å². The summed E-state index contributed by atoms with van der Waals surface area (Å²) < 4.78 is 0. The van der Waals surface area contributed by atoms with Gasteiger partial charge in [0.15, 0.2) is 0 Å². The lowest BCUT2D eigenvalue weighted by atomic mass is 10.1. The third kappa shape index (κ3) is 3.84. The molecule has 98 valence electrons. The molecule has 1 N–H and O–H groups in total. The normalized spacial score (nSPS) is 12.9. The molecular weight excluding hydrogens is 230 g/mol. The Morgan fingerprint density at radius 3 is 2.33 bits per heavy atom. The molecule has 0 amide bonds. The highest BCUT2D eigenvalue weighted by Gasteiger charge is 2.15. The van der Waals surface area contributed by atoms with Crippen molar-refractivity contribution in [1.82, 2.24) is 9.97 Å². The molecule has 0 aromatic carbocycles. The first kappa shape index (κ1) is 14.2. The molecule has 5 heteroatoms. The molecule has 0 aliphatic heterocycles. The average molecular weight is 249 g/mol. The molecule has 0 aliphatic carbocycles. The van der Waals surface area contributed by atoms with Crippen LogP contribution in [0.4, 0.5) is 5.95 Å². The molecule has 0 radical (unpaired) electrons. The van der Waals surface area contributed by atoms with E-state index in [0.717, 1.165) is 6.08 Å². The van der Waals surface area contributed by atoms with Crippen LogP contribution in [0, 0.1) is 5.92 Å². The highest BCUT2D eigenvalue weighted by molar-refractivity contribution is 5.85. The Labute approximate surface area is 107 Å². The Balaban J connectivity index is 2.79. The largest absolute Gasteiger partial charge is 0.478 e. The van der Waals surface area contributed by atoms with Crippen molar-refractivity contribution in [2.45, 2.75) is 26.8 Å². The summed E-state index contributed by atoms with van der Waals surface area (Å²) in [6, 6.07) is 0.338. The first-order chi connectivity index (χ1) is 8.41. The quantitative estimate of drug-likeness (QED) is 0.809. The fourth-order valence-electron chi connectivity index (χ4n) is 1.40. The van der Waals surface area contributed by atoms with Gasteiger partial charge in [0, 0.05) is 37.1 Å². The second kappa shape index (κ2) is 6.14. The summed E-state index contributed by atoms with van der Waals surface area (Å²) in [5, 5.41) is 8.52. The van der Waals surface area contributed by atoms with Crippen LogP contribution in [0.15, 0.2) is 18.5 Å². The minimum atomic E-state index is -0.982. The van der Waals surface area contributed by atoms with E-state index < -0.39 is 5.97 Å². The van der Waals surface area contributed by atoms with Gasteiger partial charge in [-0.1, -0.05) is 13.8 Å². The van der Waals surface area contributed by atoms with Crippen molar-refractivity contribution in [3.63, 3.8) is 0 Å². The number of anilines is 1. The van der Waals surface area contributed by atoms with Crippen LogP contribution in [0.5, 0.6) is 0 Å². The predicted molar refractivity (Wildman–Crippen MR) is 71.4 cm³/mol. The molecule has 1 unspecified atom stereocenters. The minimum absolute atomic E-state index is 0.338. The molecule has 0 spiro atoms. The number of carbonyl (C=O) groups is 1. The van der Waals surface area contributed by atoms with Gasteiger partial charge in [-0.05, 0) is 18.9 Å². The number of carboxylic acid groups (broad SMARTS) is 1. The topological polar surface area (TPSA) is 66.3 Å². The molecule has 0 bridgehead atoms. The first-order valence-corrected chi connectivity index (χ1v) is 5.87. The summed E-state index contributed by atoms with van der Waals surface area (Å²) in [5.41, 5.74) is 0.673. The maximum absolute atomic E-state index is 10.4. The summed E-state index contributed by atoms with van der Waals surface area (Å²) >= 11 is 0. The van der Waals surface area contributed by atoms with Gasteiger partial charge in [0.1, 0.15) is 0 Å². The molecule has 1 aromatic rings. The van der Waals surface area contributed by atoms with Gasteiger partial charge in [-0.2, -0.15) is 0 Å². The van der Waals surface area contributed by atoms with Gasteiger partial charge in [0.05, 0.1) is 0 Å². The van der Waals surface area contributed by atoms with E-state index in [1.54, 1.807) is 12.4 Å². The SMILES string of the molecule is CC(C)C(C)N(C)c1ncc(/C=C/C(=O)O)cn1. The third-order valence-corrected chi connectivity index (χ3v) is 2.97. The fraction of sp³-hybridized carbons (Fsp3) is 0.462. The molecule has 5 nitrogen and oxygen atoms in total. The van der Waals surface area contributed by atoms with Gasteiger partial charge in [-0.25, -0.2) is 14.8 Å². The van der Waals surface area contributed by atoms with Crippen LogP contribution in [0.25, 0.3) is 6.08 Å². The van der Waals surface area contributed by atoms with Gasteiger partial charge in [0.25, 0.3) is 0 Å². The van der Waals surface area contributed by atoms with Crippen LogP contribution in [0.1, 0.15) is 26.3 Å². The van der Waals surface area contributed by atoms with Crippen molar-refractivity contribution in [3.05, 3.63) is 24.0 Å². The monoisotopic (exact) mass is 249 g/mol. The lowest BCUT2D eigenvalue weighted by Crippen LogP contribution is -2.34. The van der Waals surface area contributed by atoms with Crippen molar-refractivity contribution in [3.8, 4) is 0 Å². The number of carboxylic acids is 1. The van der Waals surface area contributed by atoms with E-state index in [2.05, 4.69) is 30.7 Å². The van der Waals surface area contributed by atoms with Crippen LogP contribution in [-0.2, 0) is 4.79 Å². The van der Waals surface area contributed by atoms with Crippen LogP contribution in [0.2, 0.25) is 0 Å². The highest BCUT2D eigenvalue weighted by atomic mass is 16.4. The van der Waals surface area contributed by atoms with Crippen molar-refractivity contribution in [1.29, 1.82) is 0 Å². The maximum Gasteiger partial charge on any atom is 0.328 e. The molecule has 1 aromatic heterocycles. The standard InChI is InChI=1S/C13H19N3O2/c1-9(2)10(3)16(4)13-14-7-11(8-15-13)5-6-12(17)18/h5-10H,1-4H3,(H,17,18)/b6-5+. The second-order valence-electron chi connectivity index (χ2n) is 4.58. The van der Waals surface area contributed by atoms with E-state index in [0.29, 0.717) is 23.5 Å². The Morgan fingerprint density at radius 1 is 1.33 bits per heavy atom. The number of nitrogens with zero attached hydrogens (tertiary/aromatic N) is 3. The Kier molecular flexibility index (Phi) is 4.83. The van der Waals surface area contributed by atoms with Crippen molar-refractivity contribution < 1.29 is 9.90 Å². The van der Waals surface area contributed by atoms with Crippen LogP contribution < -0.4 is 4.90 Å². The number of hydrogen-bond donors (Lipinski definition) is 1. The summed E-state index contributed by atoms with van der Waals surface area (Å²) in [4.78, 5) is 20.8. The second-order valence-corrected chi connectivity index (χ2v) is 4.58. The Morgan fingerprint density at radius 2 is 1.89 bits per heavy atom. The smallest absolute Gasteiger partial charge is 0.328 e. The van der Waals surface area contributed by atoms with Crippen molar-refractivity contribution in [2.24, 2.45) is 5.92 Å². The number of rotatable bonds is 5. The molecule has 0 saturated heterocycles. The zero-order chi connectivity index (χ0) is 13.7. The number of aliphatic carboxylic acids is 1. The highest BCUT2D eigenvalue weighted by Crippen LogP contribution is 2.14. The van der Waals surface area contributed by atoms with E-state index in [1.165, 1.54) is 6.08 Å². The summed E-state index contributed by atoms with van der Waals surface area (Å²) in [5.74, 6) is 0.165. The van der Waals surface area contributed by atoms with Crippen LogP contribution in [0.3, 0.4) is 0 Å². The van der Waals surface area contributed by atoms with Gasteiger partial charge in [0.2, 0.25) is 5.95 Å². The molecule has 1 heterocycles. The fourth-order valence-corrected chi connectivity index (χ4v) is 1.40. The lowest BCUT2D eigenvalue weighted by molar-refractivity contribution is -0.131. The average Bonchev–Trinajstić information content (AvgIpc) is 2.35. The minimum Gasteiger partial charge on any atom is -0.478 e. The van der Waals surface area contributed by atoms with Gasteiger partial charge >= 0.3 is 5.97 Å². The van der Waals surface area contributed by atoms with Crippen LogP contribution in [-0.4, -0.2) is 34.1 Å². The van der Waals surface area contributed by atoms with E-state index in [1.807, 2.05) is 11.9 Å². The molecule has 0 saturated carbocycles. The van der Waals surface area contributed by atoms with E-state index in [9.17, 15) is 4.79 Å². The molecule has 0 aliphatic rings. The van der Waals surface area contributed by atoms with E-state index >= 15 is 0 Å². The van der Waals surface area contributed by atoms with E-state index in [-0.39, 0.29) is 0 Å². The molecule has 1 atom stereocenters. The Bertz CT molecular complexity index is 426. The molecule has 0 fully saturated rings. The van der Waals surface area contributed by atoms with Gasteiger partial charge < -0.3 is 10.0 Å². The zero-order valence-corrected chi connectivity index (χ0v) is 11.2. The zero-order valence-electron chi connectivity index (χ0n) is 11.2.